The first-order valence-electron chi connectivity index (χ1n) is 12.4. The summed E-state index contributed by atoms with van der Waals surface area (Å²) in [5.74, 6) is -4.55. The van der Waals surface area contributed by atoms with Crippen LogP contribution in [0.4, 0.5) is 45.1 Å². The summed E-state index contributed by atoms with van der Waals surface area (Å²) >= 11 is 0. The van der Waals surface area contributed by atoms with Crippen molar-refractivity contribution in [2.24, 2.45) is 13.0 Å². The number of halogens is 5. The first-order valence-corrected chi connectivity index (χ1v) is 12.4. The van der Waals surface area contributed by atoms with Gasteiger partial charge in [-0.1, -0.05) is 0 Å². The molecule has 2 fully saturated rings. The molecule has 13 heteroatoms. The molecule has 0 bridgehead atoms. The van der Waals surface area contributed by atoms with Crippen LogP contribution >= 0.6 is 0 Å². The topological polar surface area (TPSA) is 84.3 Å². The predicted octanol–water partition coefficient (Wildman–Crippen LogP) is 4.32. The summed E-state index contributed by atoms with van der Waals surface area (Å²) in [7, 11) is 1.51. The van der Waals surface area contributed by atoms with Gasteiger partial charge in [-0.3, -0.25) is 4.79 Å². The Morgan fingerprint density at radius 3 is 2.71 bits per heavy atom. The van der Waals surface area contributed by atoms with Crippen molar-refractivity contribution < 1.29 is 26.7 Å². The Morgan fingerprint density at radius 2 is 1.97 bits per heavy atom. The number of nitrogens with one attached hydrogen (secondary N) is 2. The van der Waals surface area contributed by atoms with E-state index in [1.54, 1.807) is 18.2 Å². The molecule has 2 aliphatic heterocycles. The minimum atomic E-state index is -3.18. The van der Waals surface area contributed by atoms with E-state index in [-0.39, 0.29) is 48.6 Å². The van der Waals surface area contributed by atoms with Gasteiger partial charge in [0.25, 0.3) is 5.56 Å². The van der Waals surface area contributed by atoms with Crippen molar-refractivity contribution in [1.29, 1.82) is 0 Å². The number of hydrogen-bond acceptors (Lipinski definition) is 7. The molecule has 1 saturated carbocycles. The smallest absolute Gasteiger partial charge is 0.301 e. The van der Waals surface area contributed by atoms with E-state index in [4.69, 9.17) is 4.74 Å². The molecule has 2 N–H and O–H groups in total. The molecule has 1 aliphatic carbocycles. The van der Waals surface area contributed by atoms with Gasteiger partial charge < -0.3 is 24.8 Å². The van der Waals surface area contributed by atoms with Crippen LogP contribution in [0.15, 0.2) is 29.2 Å². The van der Waals surface area contributed by atoms with Crippen LogP contribution in [0.2, 0.25) is 0 Å². The average molecular weight is 537 g/mol. The molecular weight excluding hydrogens is 511 g/mol. The van der Waals surface area contributed by atoms with E-state index in [0.717, 1.165) is 6.20 Å². The van der Waals surface area contributed by atoms with Gasteiger partial charge in [0.2, 0.25) is 11.7 Å². The highest BCUT2D eigenvalue weighted by atomic mass is 19.3. The minimum Gasteiger partial charge on any atom is -0.480 e. The van der Waals surface area contributed by atoms with Gasteiger partial charge in [-0.2, -0.15) is 4.98 Å². The number of ether oxygens (including phenoxy) is 1. The largest absolute Gasteiger partial charge is 0.480 e. The number of pyridine rings is 1. The van der Waals surface area contributed by atoms with E-state index in [0.29, 0.717) is 29.4 Å². The molecule has 0 spiro atoms. The summed E-state index contributed by atoms with van der Waals surface area (Å²) in [5, 5.41) is 6.18. The van der Waals surface area contributed by atoms with E-state index in [2.05, 4.69) is 20.6 Å². The number of nitrogens with zero attached hydrogens (tertiary/aromatic N) is 4. The zero-order valence-electron chi connectivity index (χ0n) is 20.4. The third-order valence-corrected chi connectivity index (χ3v) is 7.35. The molecule has 1 saturated heterocycles. The predicted molar refractivity (Wildman–Crippen MR) is 132 cm³/mol. The van der Waals surface area contributed by atoms with Crippen LogP contribution in [0, 0.1) is 11.7 Å². The number of anilines is 4. The number of alkyl halides is 4. The second kappa shape index (κ2) is 8.98. The van der Waals surface area contributed by atoms with E-state index in [9.17, 15) is 26.7 Å². The van der Waals surface area contributed by atoms with Crippen molar-refractivity contribution in [1.82, 2.24) is 14.5 Å². The third-order valence-electron chi connectivity index (χ3n) is 7.35. The van der Waals surface area contributed by atoms with Gasteiger partial charge >= 0.3 is 5.92 Å². The first-order chi connectivity index (χ1) is 18.1. The number of aromatic nitrogens is 3. The molecule has 3 aromatic rings. The maximum atomic E-state index is 14.9. The lowest BCUT2D eigenvalue weighted by atomic mass is 10.0. The fourth-order valence-corrected chi connectivity index (χ4v) is 5.08. The zero-order valence-corrected chi connectivity index (χ0v) is 20.4. The van der Waals surface area contributed by atoms with Gasteiger partial charge in [0.1, 0.15) is 12.3 Å². The minimum absolute atomic E-state index is 0.0326. The van der Waals surface area contributed by atoms with Gasteiger partial charge in [0.05, 0.1) is 30.0 Å². The number of benzene rings is 1. The summed E-state index contributed by atoms with van der Waals surface area (Å²) in [6.45, 7) is -0.983. The van der Waals surface area contributed by atoms with Crippen molar-refractivity contribution in [3.05, 3.63) is 40.6 Å². The van der Waals surface area contributed by atoms with Crippen molar-refractivity contribution in [3.63, 3.8) is 0 Å². The first kappa shape index (κ1) is 24.7. The Bertz CT molecular complexity index is 1460. The highest BCUT2D eigenvalue weighted by Gasteiger charge is 2.51. The quantitative estimate of drug-likeness (QED) is 0.481. The highest BCUT2D eigenvalue weighted by molar-refractivity contribution is 5.97. The fourth-order valence-electron chi connectivity index (χ4n) is 5.08. The SMILES string of the molecule is Cn1c(=O)c2c(c3cc(Nc4nc(N5CC[C@@H](F)[C@@H](F)C5)ncc4F)ccc31)NC(C1CC1)C(F)(F)CO2. The molecule has 8 nitrogen and oxygen atoms in total. The maximum absolute atomic E-state index is 14.9. The van der Waals surface area contributed by atoms with E-state index >= 15 is 0 Å². The van der Waals surface area contributed by atoms with Crippen molar-refractivity contribution in [3.8, 4) is 5.75 Å². The van der Waals surface area contributed by atoms with Crippen LogP contribution < -0.4 is 25.8 Å². The summed E-state index contributed by atoms with van der Waals surface area (Å²) in [4.78, 5) is 22.5. The molecule has 1 aromatic carbocycles. The van der Waals surface area contributed by atoms with Crippen LogP contribution in [-0.4, -0.2) is 58.5 Å². The number of rotatable bonds is 4. The van der Waals surface area contributed by atoms with E-state index in [1.807, 2.05) is 0 Å². The Labute approximate surface area is 213 Å². The summed E-state index contributed by atoms with van der Waals surface area (Å²) in [5.41, 5.74) is 0.422. The molecule has 6 rings (SSSR count). The van der Waals surface area contributed by atoms with Gasteiger partial charge in [0, 0.05) is 24.7 Å². The van der Waals surface area contributed by atoms with Gasteiger partial charge in [0.15, 0.2) is 18.2 Å². The molecule has 202 valence electrons. The number of fused-ring (bicyclic) bond motifs is 3. The Kier molecular flexibility index (Phi) is 5.84. The lowest BCUT2D eigenvalue weighted by Crippen LogP contribution is -2.44. The van der Waals surface area contributed by atoms with Crippen LogP contribution in [-0.2, 0) is 7.05 Å². The summed E-state index contributed by atoms with van der Waals surface area (Å²) in [6, 6.07) is 3.60. The van der Waals surface area contributed by atoms with E-state index < -0.39 is 42.3 Å². The lowest BCUT2D eigenvalue weighted by Gasteiger charge is -2.31. The molecule has 4 heterocycles. The van der Waals surface area contributed by atoms with Crippen LogP contribution in [0.1, 0.15) is 19.3 Å². The van der Waals surface area contributed by atoms with Gasteiger partial charge in [-0.25, -0.2) is 26.9 Å². The molecule has 3 aliphatic rings. The standard InChI is InChI=1S/C25H25F5N6O2/c1-35-18-5-4-13(32-22-16(27)9-31-24(34-22)36-7-6-15(26)17(28)10-36)8-14(18)19-20(23(35)37)38-11-25(29,30)21(33-19)12-2-3-12/h4-5,8-9,12,15,17,21,33H,2-3,6-7,10-11H2,1H3,(H,31,32,34)/t15-,17+,21?/m1/s1. The van der Waals surface area contributed by atoms with Crippen LogP contribution in [0.25, 0.3) is 10.9 Å². The maximum Gasteiger partial charge on any atom is 0.301 e. The Morgan fingerprint density at radius 1 is 1.18 bits per heavy atom. The Hall–Kier alpha value is -3.64. The van der Waals surface area contributed by atoms with Crippen molar-refractivity contribution in [2.45, 2.75) is 43.6 Å². The second-order valence-corrected chi connectivity index (χ2v) is 10.1. The molecule has 38 heavy (non-hydrogen) atoms. The lowest BCUT2D eigenvalue weighted by molar-refractivity contribution is -0.0579. The number of piperidine rings is 1. The number of hydrogen-bond donors (Lipinski definition) is 2. The molecule has 0 amide bonds. The molecule has 0 radical (unpaired) electrons. The fraction of sp³-hybridized carbons (Fsp3) is 0.480. The molecule has 1 unspecified atom stereocenters. The summed E-state index contributed by atoms with van der Waals surface area (Å²) < 4.78 is 78.5. The normalized spacial score (nSPS) is 24.8. The summed E-state index contributed by atoms with van der Waals surface area (Å²) in [6.07, 6.45) is -1.05. The van der Waals surface area contributed by atoms with Crippen LogP contribution in [0.3, 0.4) is 0 Å². The zero-order chi connectivity index (χ0) is 26.8. The van der Waals surface area contributed by atoms with Gasteiger partial charge in [-0.15, -0.1) is 0 Å². The Balaban J connectivity index is 1.37. The molecule has 3 atom stereocenters. The monoisotopic (exact) mass is 536 g/mol. The van der Waals surface area contributed by atoms with Crippen molar-refractivity contribution in [2.75, 3.05) is 35.2 Å². The number of aryl methyl sites for hydroxylation is 1. The third kappa shape index (κ3) is 4.27. The second-order valence-electron chi connectivity index (χ2n) is 10.1. The van der Waals surface area contributed by atoms with Crippen LogP contribution in [0.5, 0.6) is 5.75 Å². The average Bonchev–Trinajstić information content (AvgIpc) is 3.73. The molecular formula is C25H25F5N6O2. The molecule has 2 aromatic heterocycles. The van der Waals surface area contributed by atoms with Crippen molar-refractivity contribution >= 4 is 34.0 Å². The highest BCUT2D eigenvalue weighted by Crippen LogP contribution is 2.45. The van der Waals surface area contributed by atoms with Gasteiger partial charge in [-0.05, 0) is 43.4 Å². The van der Waals surface area contributed by atoms with E-state index in [1.165, 1.54) is 16.5 Å².